The van der Waals surface area contributed by atoms with E-state index in [-0.39, 0.29) is 5.76 Å². The molecule has 0 radical (unpaired) electrons. The van der Waals surface area contributed by atoms with Crippen LogP contribution in [-0.2, 0) is 6.54 Å². The van der Waals surface area contributed by atoms with Gasteiger partial charge in [0, 0.05) is 6.20 Å². The Bertz CT molecular complexity index is 838. The van der Waals surface area contributed by atoms with Crippen molar-refractivity contribution in [3.8, 4) is 0 Å². The highest BCUT2D eigenvalue weighted by Gasteiger charge is 2.17. The normalized spacial score (nSPS) is 10.4. The van der Waals surface area contributed by atoms with Crippen molar-refractivity contribution in [2.24, 2.45) is 0 Å². The van der Waals surface area contributed by atoms with Crippen LogP contribution >= 0.6 is 0 Å². The first-order chi connectivity index (χ1) is 11.1. The Labute approximate surface area is 130 Å². The summed E-state index contributed by atoms with van der Waals surface area (Å²) >= 11 is 0. The second kappa shape index (κ2) is 6.14. The number of carbonyl (C=O) groups excluding carboxylic acids is 1. The van der Waals surface area contributed by atoms with Gasteiger partial charge in [0.2, 0.25) is 0 Å². The number of hydrogen-bond donors (Lipinski definition) is 1. The van der Waals surface area contributed by atoms with Crippen LogP contribution in [0.3, 0.4) is 0 Å². The molecule has 0 fully saturated rings. The van der Waals surface area contributed by atoms with Crippen LogP contribution in [0.4, 0.5) is 11.6 Å². The molecule has 8 nitrogen and oxygen atoms in total. The average Bonchev–Trinajstić information content (AvgIpc) is 3.18. The lowest BCUT2D eigenvalue weighted by Crippen LogP contribution is -2.10. The van der Waals surface area contributed by atoms with E-state index in [0.717, 1.165) is 11.6 Å². The molecule has 0 unspecified atom stereocenters. The molecule has 3 aromatic rings. The SMILES string of the molecule is O=C(Nc1cnn(Cc2ccccc2)c1)c1ccc([N+](=O)[O-])o1. The van der Waals surface area contributed by atoms with Crippen LogP contribution in [0.15, 0.2) is 59.3 Å². The van der Waals surface area contributed by atoms with Gasteiger partial charge in [-0.1, -0.05) is 30.3 Å². The number of rotatable bonds is 5. The van der Waals surface area contributed by atoms with Crippen molar-refractivity contribution in [1.29, 1.82) is 0 Å². The van der Waals surface area contributed by atoms with E-state index in [2.05, 4.69) is 10.4 Å². The van der Waals surface area contributed by atoms with Crippen LogP contribution in [0.5, 0.6) is 0 Å². The first kappa shape index (κ1) is 14.5. The summed E-state index contributed by atoms with van der Waals surface area (Å²) in [6, 6.07) is 12.1. The van der Waals surface area contributed by atoms with E-state index in [1.165, 1.54) is 12.3 Å². The molecule has 1 amide bonds. The molecule has 8 heteroatoms. The van der Waals surface area contributed by atoms with Crippen LogP contribution in [0.2, 0.25) is 0 Å². The summed E-state index contributed by atoms with van der Waals surface area (Å²) in [5, 5.41) is 17.3. The quantitative estimate of drug-likeness (QED) is 0.576. The zero-order valence-electron chi connectivity index (χ0n) is 11.9. The first-order valence-corrected chi connectivity index (χ1v) is 6.74. The van der Waals surface area contributed by atoms with Crippen LogP contribution in [0.25, 0.3) is 0 Å². The van der Waals surface area contributed by atoms with E-state index in [0.29, 0.717) is 12.2 Å². The topological polar surface area (TPSA) is 103 Å². The minimum atomic E-state index is -0.700. The van der Waals surface area contributed by atoms with Crippen LogP contribution < -0.4 is 5.32 Å². The molecular weight excluding hydrogens is 300 g/mol. The molecule has 2 heterocycles. The molecule has 0 saturated heterocycles. The van der Waals surface area contributed by atoms with Gasteiger partial charge in [0.15, 0.2) is 5.76 Å². The highest BCUT2D eigenvalue weighted by Crippen LogP contribution is 2.17. The van der Waals surface area contributed by atoms with Crippen molar-refractivity contribution in [3.63, 3.8) is 0 Å². The standard InChI is InChI=1S/C15H12N4O4/c20-15(13-6-7-14(23-13)19(21)22)17-12-8-16-18(10-12)9-11-4-2-1-3-5-11/h1-8,10H,9H2,(H,17,20). The van der Waals surface area contributed by atoms with Gasteiger partial charge in [-0.05, 0) is 11.6 Å². The minimum absolute atomic E-state index is 0.132. The fourth-order valence-electron chi connectivity index (χ4n) is 2.03. The van der Waals surface area contributed by atoms with Crippen LogP contribution in [-0.4, -0.2) is 20.6 Å². The largest absolute Gasteiger partial charge is 0.433 e. The maximum Gasteiger partial charge on any atom is 0.433 e. The van der Waals surface area contributed by atoms with Crippen LogP contribution in [0, 0.1) is 10.1 Å². The van der Waals surface area contributed by atoms with Crippen molar-refractivity contribution in [1.82, 2.24) is 9.78 Å². The molecule has 1 N–H and O–H groups in total. The van der Waals surface area contributed by atoms with E-state index in [9.17, 15) is 14.9 Å². The Kier molecular flexibility index (Phi) is 3.88. The molecule has 3 rings (SSSR count). The van der Waals surface area contributed by atoms with Crippen molar-refractivity contribution in [3.05, 3.63) is 76.3 Å². The van der Waals surface area contributed by atoms with Crippen LogP contribution in [0.1, 0.15) is 16.1 Å². The van der Waals surface area contributed by atoms with E-state index < -0.39 is 16.7 Å². The monoisotopic (exact) mass is 312 g/mol. The summed E-state index contributed by atoms with van der Waals surface area (Å²) in [4.78, 5) is 21.8. The zero-order chi connectivity index (χ0) is 16.2. The summed E-state index contributed by atoms with van der Waals surface area (Å²) in [6.07, 6.45) is 3.17. The van der Waals surface area contributed by atoms with Crippen molar-refractivity contribution < 1.29 is 14.1 Å². The third-order valence-corrected chi connectivity index (χ3v) is 3.07. The van der Waals surface area contributed by atoms with E-state index in [1.54, 1.807) is 10.9 Å². The molecular formula is C15H12N4O4. The molecule has 0 aliphatic carbocycles. The molecule has 0 aliphatic rings. The number of nitro groups is 1. The number of nitrogens with zero attached hydrogens (tertiary/aromatic N) is 3. The van der Waals surface area contributed by atoms with Gasteiger partial charge in [0.25, 0.3) is 5.91 Å². The first-order valence-electron chi connectivity index (χ1n) is 6.74. The number of carbonyl (C=O) groups is 1. The van der Waals surface area contributed by atoms with Gasteiger partial charge in [-0.15, -0.1) is 0 Å². The average molecular weight is 312 g/mol. The number of amides is 1. The molecule has 116 valence electrons. The summed E-state index contributed by atoms with van der Waals surface area (Å²) in [6.45, 7) is 0.572. The minimum Gasteiger partial charge on any atom is -0.395 e. The zero-order valence-corrected chi connectivity index (χ0v) is 11.9. The van der Waals surface area contributed by atoms with Gasteiger partial charge < -0.3 is 9.73 Å². The Balaban J connectivity index is 1.66. The molecule has 0 aliphatic heterocycles. The smallest absolute Gasteiger partial charge is 0.395 e. The van der Waals surface area contributed by atoms with E-state index in [1.807, 2.05) is 30.3 Å². The molecule has 0 saturated carbocycles. The molecule has 0 bridgehead atoms. The molecule has 1 aromatic carbocycles. The second-order valence-electron chi connectivity index (χ2n) is 4.76. The van der Waals surface area contributed by atoms with Gasteiger partial charge in [0.1, 0.15) is 4.92 Å². The van der Waals surface area contributed by atoms with Crippen molar-refractivity contribution in [2.75, 3.05) is 5.32 Å². The lowest BCUT2D eigenvalue weighted by atomic mass is 10.2. The molecule has 0 spiro atoms. The summed E-state index contributed by atoms with van der Waals surface area (Å²) in [5.74, 6) is -1.18. The molecule has 2 aromatic heterocycles. The Hall–Kier alpha value is -3.42. The fourth-order valence-corrected chi connectivity index (χ4v) is 2.03. The highest BCUT2D eigenvalue weighted by molar-refractivity contribution is 6.02. The van der Waals surface area contributed by atoms with Gasteiger partial charge in [0.05, 0.1) is 24.5 Å². The van der Waals surface area contributed by atoms with Crippen molar-refractivity contribution in [2.45, 2.75) is 6.54 Å². The maximum absolute atomic E-state index is 12.0. The third kappa shape index (κ3) is 3.43. The maximum atomic E-state index is 12.0. The van der Waals surface area contributed by atoms with Gasteiger partial charge >= 0.3 is 5.88 Å². The predicted molar refractivity (Wildman–Crippen MR) is 81.1 cm³/mol. The Morgan fingerprint density at radius 1 is 1.26 bits per heavy atom. The summed E-state index contributed by atoms with van der Waals surface area (Å²) < 4.78 is 6.52. The van der Waals surface area contributed by atoms with Gasteiger partial charge in [-0.25, -0.2) is 0 Å². The lowest BCUT2D eigenvalue weighted by molar-refractivity contribution is -0.402. The van der Waals surface area contributed by atoms with Gasteiger partial charge in [-0.3, -0.25) is 19.6 Å². The fraction of sp³-hybridized carbons (Fsp3) is 0.0667. The predicted octanol–water partition coefficient (Wildman–Crippen LogP) is 2.68. The summed E-state index contributed by atoms with van der Waals surface area (Å²) in [7, 11) is 0. The molecule has 23 heavy (non-hydrogen) atoms. The highest BCUT2D eigenvalue weighted by atomic mass is 16.6. The molecule has 0 atom stereocenters. The Morgan fingerprint density at radius 3 is 2.74 bits per heavy atom. The number of furan rings is 1. The second-order valence-corrected chi connectivity index (χ2v) is 4.76. The number of nitrogens with one attached hydrogen (secondary N) is 1. The Morgan fingerprint density at radius 2 is 2.04 bits per heavy atom. The van der Waals surface area contributed by atoms with Gasteiger partial charge in [-0.2, -0.15) is 5.10 Å². The number of hydrogen-bond acceptors (Lipinski definition) is 5. The number of anilines is 1. The number of aromatic nitrogens is 2. The van der Waals surface area contributed by atoms with E-state index in [4.69, 9.17) is 4.42 Å². The third-order valence-electron chi connectivity index (χ3n) is 3.07. The lowest BCUT2D eigenvalue weighted by Gasteiger charge is -2.01. The number of benzene rings is 1. The summed E-state index contributed by atoms with van der Waals surface area (Å²) in [5.41, 5.74) is 1.56. The van der Waals surface area contributed by atoms with E-state index >= 15 is 0 Å². The van der Waals surface area contributed by atoms with Crippen molar-refractivity contribution >= 4 is 17.5 Å².